The fourth-order valence-corrected chi connectivity index (χ4v) is 5.21. The van der Waals surface area contributed by atoms with Gasteiger partial charge < -0.3 is 5.11 Å². The molecule has 4 atom stereocenters. The van der Waals surface area contributed by atoms with Crippen molar-refractivity contribution in [3.63, 3.8) is 0 Å². The summed E-state index contributed by atoms with van der Waals surface area (Å²) in [5.74, 6) is -0.257. The Kier molecular flexibility index (Phi) is 5.29. The third-order valence-corrected chi connectivity index (χ3v) is 6.72. The number of hydrogen-bond donors (Lipinski definition) is 1. The maximum absolute atomic E-state index is 14.2. The van der Waals surface area contributed by atoms with Crippen molar-refractivity contribution in [3.05, 3.63) is 34.9 Å². The molecule has 134 valence electrons. The van der Waals surface area contributed by atoms with Crippen LogP contribution < -0.4 is 0 Å². The smallest absolute Gasteiger partial charge is 0.162 e. The van der Waals surface area contributed by atoms with Gasteiger partial charge in [0, 0.05) is 6.42 Å². The van der Waals surface area contributed by atoms with Crippen molar-refractivity contribution >= 4 is 0 Å². The molecule has 4 unspecified atom stereocenters. The average Bonchev–Trinajstić information content (AvgIpc) is 2.59. The summed E-state index contributed by atoms with van der Waals surface area (Å²) in [5, 5.41) is 11.4. The van der Waals surface area contributed by atoms with Crippen molar-refractivity contribution in [3.8, 4) is 0 Å². The Morgan fingerprint density at radius 1 is 1.25 bits per heavy atom. The number of halogens is 2. The molecule has 0 spiro atoms. The van der Waals surface area contributed by atoms with Gasteiger partial charge in [0.25, 0.3) is 0 Å². The Morgan fingerprint density at radius 3 is 2.75 bits per heavy atom. The molecule has 2 aliphatic carbocycles. The number of hydrogen-bond acceptors (Lipinski definition) is 1. The van der Waals surface area contributed by atoms with E-state index in [1.165, 1.54) is 38.2 Å². The zero-order chi connectivity index (χ0) is 17.3. The molecule has 2 aliphatic rings. The summed E-state index contributed by atoms with van der Waals surface area (Å²) in [5.41, 5.74) is 0.355. The van der Waals surface area contributed by atoms with E-state index in [1.54, 1.807) is 6.07 Å². The maximum Gasteiger partial charge on any atom is 0.162 e. The highest BCUT2D eigenvalue weighted by Crippen LogP contribution is 2.45. The molecule has 24 heavy (non-hydrogen) atoms. The zero-order valence-corrected chi connectivity index (χ0v) is 15.0. The van der Waals surface area contributed by atoms with Crippen LogP contribution in [0.1, 0.15) is 69.9 Å². The van der Waals surface area contributed by atoms with Gasteiger partial charge in [-0.15, -0.1) is 0 Å². The van der Waals surface area contributed by atoms with E-state index in [9.17, 15) is 13.9 Å². The van der Waals surface area contributed by atoms with Gasteiger partial charge in [0.05, 0.1) is 5.60 Å². The van der Waals surface area contributed by atoms with Gasteiger partial charge in [0.15, 0.2) is 11.6 Å². The van der Waals surface area contributed by atoms with E-state index >= 15 is 0 Å². The molecule has 0 aromatic heterocycles. The average molecular weight is 336 g/mol. The third kappa shape index (κ3) is 3.24. The Labute approximate surface area is 144 Å². The monoisotopic (exact) mass is 336 g/mol. The molecule has 0 amide bonds. The lowest BCUT2D eigenvalue weighted by molar-refractivity contribution is -0.0651. The molecule has 1 aromatic carbocycles. The summed E-state index contributed by atoms with van der Waals surface area (Å²) in [6, 6.07) is 2.89. The van der Waals surface area contributed by atoms with E-state index in [1.807, 2.05) is 0 Å². The van der Waals surface area contributed by atoms with Crippen LogP contribution in [0.3, 0.4) is 0 Å². The highest BCUT2D eigenvalue weighted by Gasteiger charge is 2.44. The minimum absolute atomic E-state index is 0.130. The van der Waals surface area contributed by atoms with Gasteiger partial charge in [0.2, 0.25) is 0 Å². The summed E-state index contributed by atoms with van der Waals surface area (Å²) in [4.78, 5) is 0. The highest BCUT2D eigenvalue weighted by molar-refractivity contribution is 5.34. The molecule has 0 heterocycles. The first-order chi connectivity index (χ1) is 11.5. The van der Waals surface area contributed by atoms with E-state index in [0.717, 1.165) is 12.0 Å². The second-order valence-corrected chi connectivity index (χ2v) is 8.07. The van der Waals surface area contributed by atoms with Crippen LogP contribution in [-0.2, 0) is 12.8 Å². The molecule has 0 radical (unpaired) electrons. The van der Waals surface area contributed by atoms with Crippen molar-refractivity contribution < 1.29 is 13.9 Å². The molecule has 1 fully saturated rings. The Morgan fingerprint density at radius 2 is 2.00 bits per heavy atom. The fraction of sp³-hybridized carbons (Fsp3) is 0.714. The number of rotatable bonds is 4. The summed E-state index contributed by atoms with van der Waals surface area (Å²) >= 11 is 0. The number of fused-ring (bicyclic) bond motifs is 1. The van der Waals surface area contributed by atoms with Gasteiger partial charge in [0.1, 0.15) is 0 Å². The van der Waals surface area contributed by atoms with Crippen LogP contribution in [0, 0.1) is 29.4 Å². The molecule has 1 N–H and O–H groups in total. The van der Waals surface area contributed by atoms with Crippen LogP contribution in [0.5, 0.6) is 0 Å². The Balaban J connectivity index is 1.83. The predicted molar refractivity (Wildman–Crippen MR) is 92.9 cm³/mol. The SMILES string of the molecule is CCCC1CCCCC1C(C)C1(O)CCc2ccc(F)c(F)c2C1. The van der Waals surface area contributed by atoms with Gasteiger partial charge in [-0.2, -0.15) is 0 Å². The zero-order valence-electron chi connectivity index (χ0n) is 15.0. The lowest BCUT2D eigenvalue weighted by atomic mass is 9.62. The normalized spacial score (nSPS) is 31.5. The third-order valence-electron chi connectivity index (χ3n) is 6.72. The lowest BCUT2D eigenvalue weighted by Crippen LogP contribution is -2.47. The van der Waals surface area contributed by atoms with Crippen molar-refractivity contribution in [2.45, 2.75) is 77.2 Å². The Hall–Kier alpha value is -0.960. The predicted octanol–water partition coefficient (Wildman–Crippen LogP) is 5.43. The van der Waals surface area contributed by atoms with E-state index in [-0.39, 0.29) is 12.3 Å². The van der Waals surface area contributed by atoms with Crippen LogP contribution in [0.25, 0.3) is 0 Å². The molecular weight excluding hydrogens is 306 g/mol. The second kappa shape index (κ2) is 7.11. The number of aliphatic hydroxyl groups is 1. The quantitative estimate of drug-likeness (QED) is 0.777. The summed E-state index contributed by atoms with van der Waals surface area (Å²) in [6.07, 6.45) is 8.85. The summed E-state index contributed by atoms with van der Waals surface area (Å²) in [7, 11) is 0. The van der Waals surface area contributed by atoms with Crippen molar-refractivity contribution in [1.29, 1.82) is 0 Å². The van der Waals surface area contributed by atoms with E-state index in [2.05, 4.69) is 13.8 Å². The molecule has 0 aliphatic heterocycles. The van der Waals surface area contributed by atoms with Gasteiger partial charge in [-0.05, 0) is 54.2 Å². The number of benzene rings is 1. The minimum atomic E-state index is -0.907. The molecule has 0 saturated heterocycles. The van der Waals surface area contributed by atoms with Crippen LogP contribution in [0.15, 0.2) is 12.1 Å². The molecular formula is C21H30F2O. The maximum atomic E-state index is 14.2. The summed E-state index contributed by atoms with van der Waals surface area (Å²) in [6.45, 7) is 4.36. The first-order valence-electron chi connectivity index (χ1n) is 9.64. The van der Waals surface area contributed by atoms with Gasteiger partial charge in [-0.25, -0.2) is 8.78 Å². The molecule has 3 rings (SSSR count). The van der Waals surface area contributed by atoms with Gasteiger partial charge in [-0.1, -0.05) is 52.0 Å². The van der Waals surface area contributed by atoms with Crippen LogP contribution >= 0.6 is 0 Å². The fourth-order valence-electron chi connectivity index (χ4n) is 5.21. The second-order valence-electron chi connectivity index (χ2n) is 8.07. The van der Waals surface area contributed by atoms with Gasteiger partial charge in [-0.3, -0.25) is 0 Å². The standard InChI is InChI=1S/C21H30F2O/c1-3-6-15-7-4-5-8-17(15)14(2)21(24)12-11-16-9-10-19(22)20(23)18(16)13-21/h9-10,14-15,17,24H,3-8,11-13H2,1-2H3. The van der Waals surface area contributed by atoms with Crippen LogP contribution in [0.4, 0.5) is 8.78 Å². The van der Waals surface area contributed by atoms with E-state index in [4.69, 9.17) is 0 Å². The first-order valence-corrected chi connectivity index (χ1v) is 9.64. The van der Waals surface area contributed by atoms with E-state index < -0.39 is 17.2 Å². The molecule has 1 nitrogen and oxygen atoms in total. The van der Waals surface area contributed by atoms with Crippen molar-refractivity contribution in [1.82, 2.24) is 0 Å². The molecule has 3 heteroatoms. The largest absolute Gasteiger partial charge is 0.389 e. The van der Waals surface area contributed by atoms with Crippen molar-refractivity contribution in [2.24, 2.45) is 17.8 Å². The van der Waals surface area contributed by atoms with Crippen LogP contribution in [0.2, 0.25) is 0 Å². The number of aryl methyl sites for hydroxylation is 1. The van der Waals surface area contributed by atoms with Crippen LogP contribution in [-0.4, -0.2) is 10.7 Å². The van der Waals surface area contributed by atoms with E-state index in [0.29, 0.717) is 30.2 Å². The molecule has 1 aromatic rings. The van der Waals surface area contributed by atoms with Crippen molar-refractivity contribution in [2.75, 3.05) is 0 Å². The first kappa shape index (κ1) is 17.8. The highest BCUT2D eigenvalue weighted by atomic mass is 19.2. The summed E-state index contributed by atoms with van der Waals surface area (Å²) < 4.78 is 27.9. The minimum Gasteiger partial charge on any atom is -0.389 e. The lowest BCUT2D eigenvalue weighted by Gasteiger charge is -2.46. The topological polar surface area (TPSA) is 20.2 Å². The van der Waals surface area contributed by atoms with Gasteiger partial charge >= 0.3 is 0 Å². The Bertz CT molecular complexity index is 583. The molecule has 1 saturated carbocycles. The molecule has 0 bridgehead atoms.